The van der Waals surface area contributed by atoms with Crippen LogP contribution in [0.25, 0.3) is 0 Å². The molecule has 18 heavy (non-hydrogen) atoms. The lowest BCUT2D eigenvalue weighted by Crippen LogP contribution is -2.07. The van der Waals surface area contributed by atoms with Gasteiger partial charge in [0.05, 0.1) is 18.4 Å². The average Bonchev–Trinajstić information content (AvgIpc) is 2.64. The molecule has 1 aromatic heterocycles. The number of aromatic nitrogens is 2. The Morgan fingerprint density at radius 2 is 2.17 bits per heavy atom. The Hall–Kier alpha value is -2.17. The van der Waals surface area contributed by atoms with Gasteiger partial charge in [-0.15, -0.1) is 0 Å². The molecular weight excluding hydrogens is 235 g/mol. The fourth-order valence-corrected chi connectivity index (χ4v) is 1.81. The van der Waals surface area contributed by atoms with E-state index >= 15 is 0 Å². The first kappa shape index (κ1) is 12.3. The van der Waals surface area contributed by atoms with Gasteiger partial charge in [-0.1, -0.05) is 6.07 Å². The van der Waals surface area contributed by atoms with Gasteiger partial charge in [-0.2, -0.15) is 5.10 Å². The van der Waals surface area contributed by atoms with Crippen molar-refractivity contribution in [2.24, 2.45) is 0 Å². The fourth-order valence-electron chi connectivity index (χ4n) is 1.81. The molecule has 1 heterocycles. The van der Waals surface area contributed by atoms with Crippen LogP contribution in [0.3, 0.4) is 0 Å². The Morgan fingerprint density at radius 1 is 1.44 bits per heavy atom. The van der Waals surface area contributed by atoms with Crippen LogP contribution < -0.4 is 0 Å². The summed E-state index contributed by atoms with van der Waals surface area (Å²) >= 11 is 0. The quantitative estimate of drug-likeness (QED) is 0.907. The lowest BCUT2D eigenvalue weighted by atomic mass is 10.1. The van der Waals surface area contributed by atoms with E-state index in [2.05, 4.69) is 5.10 Å². The number of benzene rings is 1. The SMILES string of the molecule is Cc1cc(F)ccc1Cn1ncc(C(=O)O)c1C. The van der Waals surface area contributed by atoms with E-state index < -0.39 is 5.97 Å². The highest BCUT2D eigenvalue weighted by Gasteiger charge is 2.13. The van der Waals surface area contributed by atoms with E-state index in [0.29, 0.717) is 12.2 Å². The van der Waals surface area contributed by atoms with Crippen LogP contribution >= 0.6 is 0 Å². The number of hydrogen-bond donors (Lipinski definition) is 1. The van der Waals surface area contributed by atoms with E-state index in [1.807, 2.05) is 6.92 Å². The second-order valence-electron chi connectivity index (χ2n) is 4.18. The van der Waals surface area contributed by atoms with Gasteiger partial charge in [-0.25, -0.2) is 9.18 Å². The van der Waals surface area contributed by atoms with Crippen LogP contribution in [0.5, 0.6) is 0 Å². The minimum absolute atomic E-state index is 0.190. The van der Waals surface area contributed by atoms with E-state index in [1.165, 1.54) is 18.3 Å². The maximum atomic E-state index is 13.0. The Balaban J connectivity index is 2.32. The smallest absolute Gasteiger partial charge is 0.339 e. The van der Waals surface area contributed by atoms with Gasteiger partial charge in [0.1, 0.15) is 11.4 Å². The molecule has 0 aliphatic rings. The number of halogens is 1. The highest BCUT2D eigenvalue weighted by Crippen LogP contribution is 2.14. The summed E-state index contributed by atoms with van der Waals surface area (Å²) in [5.74, 6) is -1.27. The molecule has 1 N–H and O–H groups in total. The van der Waals surface area contributed by atoms with Gasteiger partial charge in [-0.3, -0.25) is 4.68 Å². The van der Waals surface area contributed by atoms with E-state index in [-0.39, 0.29) is 11.4 Å². The molecule has 0 amide bonds. The summed E-state index contributed by atoms with van der Waals surface area (Å²) in [5.41, 5.74) is 2.52. The zero-order valence-electron chi connectivity index (χ0n) is 10.1. The normalized spacial score (nSPS) is 10.6. The molecule has 1 aromatic carbocycles. The van der Waals surface area contributed by atoms with Crippen LogP contribution in [0.2, 0.25) is 0 Å². The van der Waals surface area contributed by atoms with Crippen molar-refractivity contribution < 1.29 is 14.3 Å². The van der Waals surface area contributed by atoms with Crippen molar-refractivity contribution in [2.75, 3.05) is 0 Å². The van der Waals surface area contributed by atoms with Gasteiger partial charge < -0.3 is 5.11 Å². The van der Waals surface area contributed by atoms with E-state index in [4.69, 9.17) is 5.11 Å². The topological polar surface area (TPSA) is 55.1 Å². The Morgan fingerprint density at radius 3 is 2.72 bits per heavy atom. The van der Waals surface area contributed by atoms with Crippen LogP contribution in [-0.2, 0) is 6.54 Å². The summed E-state index contributed by atoms with van der Waals surface area (Å²) in [7, 11) is 0. The minimum atomic E-state index is -0.991. The van der Waals surface area contributed by atoms with Gasteiger partial charge >= 0.3 is 5.97 Å². The van der Waals surface area contributed by atoms with Crippen molar-refractivity contribution in [1.82, 2.24) is 9.78 Å². The molecule has 0 saturated carbocycles. The van der Waals surface area contributed by atoms with Crippen molar-refractivity contribution in [2.45, 2.75) is 20.4 Å². The first-order valence-electron chi connectivity index (χ1n) is 5.50. The van der Waals surface area contributed by atoms with Crippen LogP contribution in [-0.4, -0.2) is 20.9 Å². The predicted molar refractivity (Wildman–Crippen MR) is 64.2 cm³/mol. The summed E-state index contributed by atoms with van der Waals surface area (Å²) in [6, 6.07) is 4.53. The Labute approximate surface area is 104 Å². The third-order valence-electron chi connectivity index (χ3n) is 2.96. The Kier molecular flexibility index (Phi) is 3.14. The molecule has 94 valence electrons. The van der Waals surface area contributed by atoms with E-state index in [9.17, 15) is 9.18 Å². The van der Waals surface area contributed by atoms with Crippen molar-refractivity contribution in [3.05, 3.63) is 52.6 Å². The van der Waals surface area contributed by atoms with Gasteiger partial charge in [-0.05, 0) is 37.1 Å². The van der Waals surface area contributed by atoms with Crippen LogP contribution in [0, 0.1) is 19.7 Å². The lowest BCUT2D eigenvalue weighted by molar-refractivity contribution is 0.0696. The number of aromatic carboxylic acids is 1. The maximum Gasteiger partial charge on any atom is 0.339 e. The molecule has 0 saturated heterocycles. The van der Waals surface area contributed by atoms with Crippen molar-refractivity contribution >= 4 is 5.97 Å². The van der Waals surface area contributed by atoms with Gasteiger partial charge in [0.15, 0.2) is 0 Å². The number of nitrogens with zero attached hydrogens (tertiary/aromatic N) is 2. The number of carboxylic acids is 1. The zero-order chi connectivity index (χ0) is 13.3. The maximum absolute atomic E-state index is 13.0. The van der Waals surface area contributed by atoms with Crippen LogP contribution in [0.1, 0.15) is 27.2 Å². The molecular formula is C13H13FN2O2. The molecule has 0 aliphatic carbocycles. The highest BCUT2D eigenvalue weighted by atomic mass is 19.1. The summed E-state index contributed by atoms with van der Waals surface area (Å²) in [6.45, 7) is 3.95. The third-order valence-corrected chi connectivity index (χ3v) is 2.96. The van der Waals surface area contributed by atoms with Crippen molar-refractivity contribution in [1.29, 1.82) is 0 Å². The predicted octanol–water partition coefficient (Wildman–Crippen LogP) is 2.39. The van der Waals surface area contributed by atoms with Crippen LogP contribution in [0.4, 0.5) is 4.39 Å². The minimum Gasteiger partial charge on any atom is -0.478 e. The van der Waals surface area contributed by atoms with Crippen molar-refractivity contribution in [3.63, 3.8) is 0 Å². The van der Waals surface area contributed by atoms with Gasteiger partial charge in [0.2, 0.25) is 0 Å². The van der Waals surface area contributed by atoms with Crippen molar-refractivity contribution in [3.8, 4) is 0 Å². The van der Waals surface area contributed by atoms with E-state index in [1.54, 1.807) is 17.7 Å². The van der Waals surface area contributed by atoms with Gasteiger partial charge in [0.25, 0.3) is 0 Å². The molecule has 0 unspecified atom stereocenters. The van der Waals surface area contributed by atoms with E-state index in [0.717, 1.165) is 11.1 Å². The molecule has 0 bridgehead atoms. The molecule has 0 fully saturated rings. The summed E-state index contributed by atoms with van der Waals surface area (Å²) in [4.78, 5) is 10.9. The molecule has 5 heteroatoms. The zero-order valence-corrected chi connectivity index (χ0v) is 10.1. The number of aryl methyl sites for hydroxylation is 1. The fraction of sp³-hybridized carbons (Fsp3) is 0.231. The number of hydrogen-bond acceptors (Lipinski definition) is 2. The molecule has 0 atom stereocenters. The van der Waals surface area contributed by atoms with Gasteiger partial charge in [0, 0.05) is 0 Å². The number of carboxylic acid groups (broad SMARTS) is 1. The lowest BCUT2D eigenvalue weighted by Gasteiger charge is -2.08. The molecule has 2 aromatic rings. The first-order chi connectivity index (χ1) is 8.49. The van der Waals surface area contributed by atoms with Crippen LogP contribution in [0.15, 0.2) is 24.4 Å². The monoisotopic (exact) mass is 248 g/mol. The first-order valence-corrected chi connectivity index (χ1v) is 5.50. The summed E-state index contributed by atoms with van der Waals surface area (Å²) in [6.07, 6.45) is 1.33. The molecule has 4 nitrogen and oxygen atoms in total. The Bertz CT molecular complexity index is 605. The molecule has 0 aliphatic heterocycles. The average molecular weight is 248 g/mol. The number of rotatable bonds is 3. The second-order valence-corrected chi connectivity index (χ2v) is 4.18. The highest BCUT2D eigenvalue weighted by molar-refractivity contribution is 5.88. The largest absolute Gasteiger partial charge is 0.478 e. The third kappa shape index (κ3) is 2.25. The molecule has 0 radical (unpaired) electrons. The summed E-state index contributed by atoms with van der Waals surface area (Å²) in [5, 5.41) is 13.0. The summed E-state index contributed by atoms with van der Waals surface area (Å²) < 4.78 is 14.6. The standard InChI is InChI=1S/C13H13FN2O2/c1-8-5-11(14)4-3-10(8)7-16-9(2)12(6-15-16)13(17)18/h3-6H,7H2,1-2H3,(H,17,18). The number of carbonyl (C=O) groups is 1. The second kappa shape index (κ2) is 4.60. The molecule has 2 rings (SSSR count). The molecule has 0 spiro atoms.